The van der Waals surface area contributed by atoms with E-state index < -0.39 is 0 Å². The van der Waals surface area contributed by atoms with Gasteiger partial charge in [0.05, 0.1) is 0 Å². The Bertz CT molecular complexity index is 397. The number of nitrogens with zero attached hydrogens (tertiary/aromatic N) is 2. The summed E-state index contributed by atoms with van der Waals surface area (Å²) in [7, 11) is 1.87. The van der Waals surface area contributed by atoms with Crippen molar-refractivity contribution in [2.45, 2.75) is 45.1 Å². The van der Waals surface area contributed by atoms with E-state index >= 15 is 0 Å². The highest BCUT2D eigenvalue weighted by molar-refractivity contribution is 9.10. The molecular weight excluding hydrogens is 292 g/mol. The molecule has 0 saturated heterocycles. The van der Waals surface area contributed by atoms with Gasteiger partial charge >= 0.3 is 0 Å². The van der Waals surface area contributed by atoms with Crippen molar-refractivity contribution in [2.75, 3.05) is 17.7 Å². The van der Waals surface area contributed by atoms with Crippen molar-refractivity contribution in [3.63, 3.8) is 0 Å². The summed E-state index contributed by atoms with van der Waals surface area (Å²) >= 11 is 3.55. The highest BCUT2D eigenvalue weighted by Crippen LogP contribution is 2.29. The van der Waals surface area contributed by atoms with Crippen LogP contribution < -0.4 is 10.6 Å². The fraction of sp³-hybridized carbons (Fsp3) is 0.692. The number of aromatic nitrogens is 2. The monoisotopic (exact) mass is 312 g/mol. The third kappa shape index (κ3) is 3.34. The first-order valence-corrected chi connectivity index (χ1v) is 7.44. The van der Waals surface area contributed by atoms with Gasteiger partial charge in [0.2, 0.25) is 0 Å². The second-order valence-electron chi connectivity index (χ2n) is 5.09. The van der Waals surface area contributed by atoms with Crippen LogP contribution in [0.25, 0.3) is 0 Å². The van der Waals surface area contributed by atoms with Crippen molar-refractivity contribution in [3.8, 4) is 0 Å². The topological polar surface area (TPSA) is 49.8 Å². The van der Waals surface area contributed by atoms with Gasteiger partial charge in [0.25, 0.3) is 0 Å². The van der Waals surface area contributed by atoms with Crippen molar-refractivity contribution in [2.24, 2.45) is 5.92 Å². The van der Waals surface area contributed by atoms with Gasteiger partial charge in [0.15, 0.2) is 0 Å². The van der Waals surface area contributed by atoms with Gasteiger partial charge in [-0.1, -0.05) is 19.8 Å². The van der Waals surface area contributed by atoms with Crippen LogP contribution in [0.3, 0.4) is 0 Å². The molecule has 1 aromatic heterocycles. The Labute approximate surface area is 117 Å². The summed E-state index contributed by atoms with van der Waals surface area (Å²) < 4.78 is 0.921. The molecule has 2 rings (SSSR count). The third-order valence-corrected chi connectivity index (χ3v) is 4.38. The molecule has 2 atom stereocenters. The van der Waals surface area contributed by atoms with Gasteiger partial charge in [0.1, 0.15) is 22.4 Å². The SMILES string of the molecule is CNc1ncnc(NC2CCCC(C)CC2)c1Br. The maximum atomic E-state index is 4.32. The van der Waals surface area contributed by atoms with E-state index in [1.807, 2.05) is 7.05 Å². The Hall–Kier alpha value is -0.840. The Morgan fingerprint density at radius 1 is 1.17 bits per heavy atom. The van der Waals surface area contributed by atoms with E-state index in [-0.39, 0.29) is 0 Å². The molecule has 2 unspecified atom stereocenters. The molecule has 0 spiro atoms. The van der Waals surface area contributed by atoms with Gasteiger partial charge in [0, 0.05) is 13.1 Å². The van der Waals surface area contributed by atoms with Crippen molar-refractivity contribution in [1.29, 1.82) is 0 Å². The lowest BCUT2D eigenvalue weighted by molar-refractivity contribution is 0.502. The molecular formula is C13H21BrN4. The van der Waals surface area contributed by atoms with E-state index in [4.69, 9.17) is 0 Å². The first-order chi connectivity index (χ1) is 8.70. The molecule has 0 aromatic carbocycles. The zero-order valence-electron chi connectivity index (χ0n) is 11.0. The molecule has 1 aliphatic rings. The molecule has 0 amide bonds. The van der Waals surface area contributed by atoms with Crippen LogP contribution in [0.4, 0.5) is 11.6 Å². The minimum Gasteiger partial charge on any atom is -0.372 e. The van der Waals surface area contributed by atoms with E-state index in [2.05, 4.69) is 43.5 Å². The Balaban J connectivity index is 2.04. The fourth-order valence-corrected chi connectivity index (χ4v) is 2.99. The first-order valence-electron chi connectivity index (χ1n) is 6.65. The van der Waals surface area contributed by atoms with Crippen molar-refractivity contribution < 1.29 is 0 Å². The molecule has 1 aromatic rings. The van der Waals surface area contributed by atoms with Crippen LogP contribution in [-0.2, 0) is 0 Å². The average Bonchev–Trinajstić information content (AvgIpc) is 2.57. The zero-order valence-corrected chi connectivity index (χ0v) is 12.6. The molecule has 0 aliphatic heterocycles. The number of hydrogen-bond acceptors (Lipinski definition) is 4. The van der Waals surface area contributed by atoms with Gasteiger partial charge < -0.3 is 10.6 Å². The van der Waals surface area contributed by atoms with Gasteiger partial charge in [-0.2, -0.15) is 0 Å². The zero-order chi connectivity index (χ0) is 13.0. The second-order valence-corrected chi connectivity index (χ2v) is 5.88. The van der Waals surface area contributed by atoms with Crippen LogP contribution in [0.1, 0.15) is 39.0 Å². The smallest absolute Gasteiger partial charge is 0.146 e. The van der Waals surface area contributed by atoms with Crippen LogP contribution in [0.5, 0.6) is 0 Å². The molecule has 1 aliphatic carbocycles. The molecule has 4 nitrogen and oxygen atoms in total. The summed E-state index contributed by atoms with van der Waals surface area (Å²) in [5, 5.41) is 6.60. The normalized spacial score (nSPS) is 24.4. The van der Waals surface area contributed by atoms with Gasteiger partial charge in [-0.15, -0.1) is 0 Å². The van der Waals surface area contributed by atoms with Crippen LogP contribution in [0.15, 0.2) is 10.8 Å². The maximum Gasteiger partial charge on any atom is 0.146 e. The molecule has 1 fully saturated rings. The predicted molar refractivity (Wildman–Crippen MR) is 78.9 cm³/mol. The van der Waals surface area contributed by atoms with E-state index in [9.17, 15) is 0 Å². The van der Waals surface area contributed by atoms with Crippen LogP contribution in [0.2, 0.25) is 0 Å². The second kappa shape index (κ2) is 6.36. The summed E-state index contributed by atoms with van der Waals surface area (Å²) in [6.07, 6.45) is 8.02. The van der Waals surface area contributed by atoms with E-state index in [0.717, 1.165) is 22.0 Å². The Morgan fingerprint density at radius 3 is 2.72 bits per heavy atom. The maximum absolute atomic E-state index is 4.32. The van der Waals surface area contributed by atoms with E-state index in [0.29, 0.717) is 6.04 Å². The van der Waals surface area contributed by atoms with Crippen molar-refractivity contribution >= 4 is 27.6 Å². The summed E-state index contributed by atoms with van der Waals surface area (Å²) in [6, 6.07) is 0.533. The molecule has 1 heterocycles. The lowest BCUT2D eigenvalue weighted by Crippen LogP contribution is -2.20. The Kier molecular flexibility index (Phi) is 4.80. The number of anilines is 2. The highest BCUT2D eigenvalue weighted by atomic mass is 79.9. The molecule has 0 radical (unpaired) electrons. The molecule has 2 N–H and O–H groups in total. The van der Waals surface area contributed by atoms with E-state index in [1.165, 1.54) is 32.1 Å². The molecule has 100 valence electrons. The quantitative estimate of drug-likeness (QED) is 0.836. The average molecular weight is 313 g/mol. The fourth-order valence-electron chi connectivity index (χ4n) is 2.47. The number of hydrogen-bond donors (Lipinski definition) is 2. The molecule has 0 bridgehead atoms. The van der Waals surface area contributed by atoms with Crippen LogP contribution >= 0.6 is 15.9 Å². The summed E-state index contributed by atoms with van der Waals surface area (Å²) in [6.45, 7) is 2.35. The minimum atomic E-state index is 0.533. The van der Waals surface area contributed by atoms with Crippen molar-refractivity contribution in [1.82, 2.24) is 9.97 Å². The summed E-state index contributed by atoms with van der Waals surface area (Å²) in [4.78, 5) is 8.49. The van der Waals surface area contributed by atoms with E-state index in [1.54, 1.807) is 6.33 Å². The lowest BCUT2D eigenvalue weighted by atomic mass is 10.0. The Morgan fingerprint density at radius 2 is 1.94 bits per heavy atom. The predicted octanol–water partition coefficient (Wildman–Crippen LogP) is 3.66. The molecule has 18 heavy (non-hydrogen) atoms. The van der Waals surface area contributed by atoms with Crippen LogP contribution in [-0.4, -0.2) is 23.1 Å². The third-order valence-electron chi connectivity index (χ3n) is 3.62. The summed E-state index contributed by atoms with van der Waals surface area (Å²) in [5.41, 5.74) is 0. The van der Waals surface area contributed by atoms with Crippen molar-refractivity contribution in [3.05, 3.63) is 10.8 Å². The summed E-state index contributed by atoms with van der Waals surface area (Å²) in [5.74, 6) is 2.59. The van der Waals surface area contributed by atoms with Crippen LogP contribution in [0, 0.1) is 5.92 Å². The molecule has 1 saturated carbocycles. The minimum absolute atomic E-state index is 0.533. The number of nitrogens with one attached hydrogen (secondary N) is 2. The molecule has 5 heteroatoms. The first kappa shape index (κ1) is 13.6. The highest BCUT2D eigenvalue weighted by Gasteiger charge is 2.18. The standard InChI is InChI=1S/C13H21BrN4/c1-9-4-3-5-10(7-6-9)18-13-11(14)12(15-2)16-8-17-13/h8-10H,3-7H2,1-2H3,(H2,15,16,17,18). The van der Waals surface area contributed by atoms with Gasteiger partial charge in [-0.25, -0.2) is 9.97 Å². The lowest BCUT2D eigenvalue weighted by Gasteiger charge is -2.18. The number of halogens is 1. The largest absolute Gasteiger partial charge is 0.372 e. The van der Waals surface area contributed by atoms with Gasteiger partial charge in [-0.3, -0.25) is 0 Å². The van der Waals surface area contributed by atoms with Gasteiger partial charge in [-0.05, 0) is 41.1 Å². The number of rotatable bonds is 3.